The van der Waals surface area contributed by atoms with Crippen LogP contribution in [0.1, 0.15) is 25.7 Å². The fraction of sp³-hybridized carbons (Fsp3) is 0.643. The van der Waals surface area contributed by atoms with Gasteiger partial charge in [-0.2, -0.15) is 0 Å². The molecule has 0 amide bonds. The third-order valence-electron chi connectivity index (χ3n) is 4.38. The van der Waals surface area contributed by atoms with E-state index >= 15 is 0 Å². The minimum Gasteiger partial charge on any atom is -0.349 e. The van der Waals surface area contributed by atoms with Crippen LogP contribution in [0, 0.1) is 10.1 Å². The largest absolute Gasteiger partial charge is 0.349 e. The van der Waals surface area contributed by atoms with E-state index in [2.05, 4.69) is 30.7 Å². The van der Waals surface area contributed by atoms with Crippen molar-refractivity contribution in [3.05, 3.63) is 26.9 Å². The summed E-state index contributed by atoms with van der Waals surface area (Å²) in [5.74, 6) is 0.503. The third kappa shape index (κ3) is 3.18. The first-order valence-corrected chi connectivity index (χ1v) is 8.23. The number of nitro groups is 1. The van der Waals surface area contributed by atoms with Crippen molar-refractivity contribution in [2.75, 3.05) is 31.1 Å². The SMILES string of the molecule is O=[N+]([O-])c1cc(Br)cnc1N1CCC(N2CCCCC2)C1. The monoisotopic (exact) mass is 354 g/mol. The van der Waals surface area contributed by atoms with Gasteiger partial charge in [0.25, 0.3) is 0 Å². The summed E-state index contributed by atoms with van der Waals surface area (Å²) in [5.41, 5.74) is 0.0867. The molecule has 7 heteroatoms. The fourth-order valence-electron chi connectivity index (χ4n) is 3.32. The highest BCUT2D eigenvalue weighted by Gasteiger charge is 2.32. The maximum Gasteiger partial charge on any atom is 0.312 e. The normalized spacial score (nSPS) is 23.5. The number of hydrogen-bond donors (Lipinski definition) is 0. The summed E-state index contributed by atoms with van der Waals surface area (Å²) in [6.45, 7) is 4.01. The summed E-state index contributed by atoms with van der Waals surface area (Å²) in [4.78, 5) is 19.8. The van der Waals surface area contributed by atoms with Crippen LogP contribution in [0.15, 0.2) is 16.7 Å². The van der Waals surface area contributed by atoms with Crippen molar-refractivity contribution in [3.8, 4) is 0 Å². The maximum absolute atomic E-state index is 11.2. The number of halogens is 1. The zero-order valence-corrected chi connectivity index (χ0v) is 13.5. The van der Waals surface area contributed by atoms with E-state index in [1.54, 1.807) is 6.20 Å². The molecule has 2 saturated heterocycles. The van der Waals surface area contributed by atoms with E-state index < -0.39 is 0 Å². The molecule has 114 valence electrons. The summed E-state index contributed by atoms with van der Waals surface area (Å²) in [6.07, 6.45) is 6.57. The van der Waals surface area contributed by atoms with Crippen LogP contribution in [0.5, 0.6) is 0 Å². The van der Waals surface area contributed by atoms with Crippen LogP contribution in [0.2, 0.25) is 0 Å². The molecule has 21 heavy (non-hydrogen) atoms. The molecule has 0 saturated carbocycles. The maximum atomic E-state index is 11.2. The third-order valence-corrected chi connectivity index (χ3v) is 4.81. The van der Waals surface area contributed by atoms with E-state index in [-0.39, 0.29) is 10.6 Å². The van der Waals surface area contributed by atoms with Crippen LogP contribution < -0.4 is 4.90 Å². The number of rotatable bonds is 3. The van der Waals surface area contributed by atoms with Gasteiger partial charge in [-0.3, -0.25) is 15.0 Å². The Balaban J connectivity index is 1.75. The molecule has 2 aliphatic rings. The van der Waals surface area contributed by atoms with Gasteiger partial charge in [0.1, 0.15) is 0 Å². The minimum absolute atomic E-state index is 0.0867. The predicted molar refractivity (Wildman–Crippen MR) is 84.6 cm³/mol. The molecule has 1 aromatic rings. The van der Waals surface area contributed by atoms with E-state index in [0.29, 0.717) is 16.3 Å². The van der Waals surface area contributed by atoms with Crippen LogP contribution in [0.25, 0.3) is 0 Å². The lowest BCUT2D eigenvalue weighted by atomic mass is 10.1. The number of hydrogen-bond acceptors (Lipinski definition) is 5. The van der Waals surface area contributed by atoms with Gasteiger partial charge in [0, 0.05) is 35.9 Å². The van der Waals surface area contributed by atoms with Gasteiger partial charge in [-0.25, -0.2) is 4.98 Å². The van der Waals surface area contributed by atoms with Gasteiger partial charge in [-0.15, -0.1) is 0 Å². The molecule has 0 aromatic carbocycles. The van der Waals surface area contributed by atoms with Gasteiger partial charge in [0.15, 0.2) is 0 Å². The predicted octanol–water partition coefficient (Wildman–Crippen LogP) is 2.82. The average Bonchev–Trinajstić information content (AvgIpc) is 2.97. The van der Waals surface area contributed by atoms with Crippen LogP contribution in [-0.4, -0.2) is 47.0 Å². The average molecular weight is 355 g/mol. The van der Waals surface area contributed by atoms with E-state index in [9.17, 15) is 10.1 Å². The van der Waals surface area contributed by atoms with Gasteiger partial charge in [0.2, 0.25) is 5.82 Å². The molecule has 0 radical (unpaired) electrons. The second-order valence-electron chi connectivity index (χ2n) is 5.74. The Kier molecular flexibility index (Phi) is 4.40. The molecule has 2 aliphatic heterocycles. The zero-order chi connectivity index (χ0) is 14.8. The number of piperidine rings is 1. The molecule has 0 spiro atoms. The fourth-order valence-corrected chi connectivity index (χ4v) is 3.63. The summed E-state index contributed by atoms with van der Waals surface area (Å²) >= 11 is 3.25. The second-order valence-corrected chi connectivity index (χ2v) is 6.65. The van der Waals surface area contributed by atoms with Crippen molar-refractivity contribution in [1.82, 2.24) is 9.88 Å². The van der Waals surface area contributed by atoms with E-state index in [4.69, 9.17) is 0 Å². The van der Waals surface area contributed by atoms with Gasteiger partial charge in [0.05, 0.1) is 4.92 Å². The van der Waals surface area contributed by atoms with Crippen molar-refractivity contribution < 1.29 is 4.92 Å². The summed E-state index contributed by atoms with van der Waals surface area (Å²) in [7, 11) is 0. The lowest BCUT2D eigenvalue weighted by Crippen LogP contribution is -2.41. The van der Waals surface area contributed by atoms with Gasteiger partial charge >= 0.3 is 5.69 Å². The van der Waals surface area contributed by atoms with Crippen LogP contribution in [-0.2, 0) is 0 Å². The lowest BCUT2D eigenvalue weighted by Gasteiger charge is -2.32. The van der Waals surface area contributed by atoms with Gasteiger partial charge in [-0.05, 0) is 48.3 Å². The minimum atomic E-state index is -0.346. The van der Waals surface area contributed by atoms with Crippen molar-refractivity contribution >= 4 is 27.4 Å². The van der Waals surface area contributed by atoms with E-state index in [0.717, 1.165) is 32.6 Å². The van der Waals surface area contributed by atoms with Crippen molar-refractivity contribution in [2.24, 2.45) is 0 Å². The molecule has 1 aromatic heterocycles. The molecule has 6 nitrogen and oxygen atoms in total. The van der Waals surface area contributed by atoms with Gasteiger partial charge < -0.3 is 4.90 Å². The summed E-state index contributed by atoms with van der Waals surface area (Å²) in [5, 5.41) is 11.2. The van der Waals surface area contributed by atoms with Crippen molar-refractivity contribution in [3.63, 3.8) is 0 Å². The number of pyridine rings is 1. The summed E-state index contributed by atoms with van der Waals surface area (Å²) < 4.78 is 0.643. The van der Waals surface area contributed by atoms with Crippen LogP contribution in [0.3, 0.4) is 0 Å². The van der Waals surface area contributed by atoms with Crippen LogP contribution in [0.4, 0.5) is 11.5 Å². The highest BCUT2D eigenvalue weighted by Crippen LogP contribution is 2.32. The molecule has 3 heterocycles. The lowest BCUT2D eigenvalue weighted by molar-refractivity contribution is -0.384. The van der Waals surface area contributed by atoms with Crippen LogP contribution >= 0.6 is 15.9 Å². The number of anilines is 1. The molecule has 2 fully saturated rings. The molecular weight excluding hydrogens is 336 g/mol. The Bertz CT molecular complexity index is 534. The standard InChI is InChI=1S/C14H19BrN4O2/c15-11-8-13(19(20)21)14(16-9-11)18-7-4-12(10-18)17-5-2-1-3-6-17/h8-9,12H,1-7,10H2. The Morgan fingerprint density at radius 1 is 1.29 bits per heavy atom. The smallest absolute Gasteiger partial charge is 0.312 e. The molecule has 0 bridgehead atoms. The first kappa shape index (κ1) is 14.7. The topological polar surface area (TPSA) is 62.5 Å². The zero-order valence-electron chi connectivity index (χ0n) is 11.9. The number of aromatic nitrogens is 1. The van der Waals surface area contributed by atoms with E-state index in [1.807, 2.05) is 0 Å². The first-order chi connectivity index (χ1) is 10.1. The number of likely N-dealkylation sites (tertiary alicyclic amines) is 1. The molecule has 1 atom stereocenters. The second kappa shape index (κ2) is 6.27. The molecule has 1 unspecified atom stereocenters. The van der Waals surface area contributed by atoms with Crippen molar-refractivity contribution in [2.45, 2.75) is 31.7 Å². The summed E-state index contributed by atoms with van der Waals surface area (Å²) in [6, 6.07) is 2.05. The molecule has 0 N–H and O–H groups in total. The molecule has 0 aliphatic carbocycles. The first-order valence-electron chi connectivity index (χ1n) is 7.44. The Morgan fingerprint density at radius 3 is 2.76 bits per heavy atom. The van der Waals surface area contributed by atoms with E-state index in [1.165, 1.54) is 25.3 Å². The molecular formula is C14H19BrN4O2. The molecule has 3 rings (SSSR count). The quantitative estimate of drug-likeness (QED) is 0.616. The Labute approximate surface area is 132 Å². The highest BCUT2D eigenvalue weighted by atomic mass is 79.9. The van der Waals surface area contributed by atoms with Gasteiger partial charge in [-0.1, -0.05) is 6.42 Å². The Morgan fingerprint density at radius 2 is 2.05 bits per heavy atom. The highest BCUT2D eigenvalue weighted by molar-refractivity contribution is 9.10. The Hall–Kier alpha value is -1.21. The number of nitrogens with zero attached hydrogens (tertiary/aromatic N) is 4. The van der Waals surface area contributed by atoms with Crippen molar-refractivity contribution in [1.29, 1.82) is 0 Å².